The van der Waals surface area contributed by atoms with E-state index in [1.807, 2.05) is 6.92 Å². The van der Waals surface area contributed by atoms with Crippen molar-refractivity contribution in [2.75, 3.05) is 7.11 Å². The molecular formula is C22H30N2O5. The molecule has 0 unspecified atom stereocenters. The van der Waals surface area contributed by atoms with Gasteiger partial charge in [-0.25, -0.2) is 4.63 Å². The number of ketones is 1. The maximum Gasteiger partial charge on any atom is 0.205 e. The molecule has 4 aliphatic carbocycles. The van der Waals surface area contributed by atoms with Crippen LogP contribution >= 0.6 is 0 Å². The first-order valence-electron chi connectivity index (χ1n) is 10.5. The number of Topliss-reactive ketones (excluding diaryl/α,β-unsaturated/α-hetero) is 1. The van der Waals surface area contributed by atoms with Gasteiger partial charge in [-0.2, -0.15) is 0 Å². The van der Waals surface area contributed by atoms with E-state index >= 15 is 0 Å². The number of fused-ring (bicyclic) bond motifs is 5. The van der Waals surface area contributed by atoms with Crippen molar-refractivity contribution in [1.82, 2.24) is 10.3 Å². The van der Waals surface area contributed by atoms with Crippen LogP contribution < -0.4 is 0 Å². The number of ether oxygens (including phenoxy) is 1. The van der Waals surface area contributed by atoms with Gasteiger partial charge in [0.1, 0.15) is 17.5 Å². The highest BCUT2D eigenvalue weighted by Gasteiger charge is 2.82. The predicted molar refractivity (Wildman–Crippen MR) is 103 cm³/mol. The molecule has 29 heavy (non-hydrogen) atoms. The maximum atomic E-state index is 13.8. The molecule has 0 amide bonds. The van der Waals surface area contributed by atoms with Crippen molar-refractivity contribution in [1.29, 1.82) is 0 Å². The first kappa shape index (κ1) is 19.4. The van der Waals surface area contributed by atoms with Gasteiger partial charge in [-0.1, -0.05) is 44.6 Å². The third kappa shape index (κ3) is 1.77. The molecule has 4 aliphatic rings. The SMILES string of the molecule is C=C1C(=O)[C@]23[C@H](C)[C@H]1CC[C@H]2[C@]1(C)c2nonc2CC(C)(C)[C@H]1[C@H](O)[C@@]3(O)OC. The minimum Gasteiger partial charge on any atom is -0.387 e. The van der Waals surface area contributed by atoms with E-state index < -0.39 is 28.1 Å². The van der Waals surface area contributed by atoms with Crippen LogP contribution in [-0.2, 0) is 21.4 Å². The predicted octanol–water partition coefficient (Wildman–Crippen LogP) is 2.02. The quantitative estimate of drug-likeness (QED) is 0.547. The molecule has 1 aromatic rings. The van der Waals surface area contributed by atoms with Crippen LogP contribution in [-0.4, -0.2) is 45.3 Å². The number of rotatable bonds is 1. The van der Waals surface area contributed by atoms with Crippen LogP contribution in [0.3, 0.4) is 0 Å². The van der Waals surface area contributed by atoms with Crippen LogP contribution in [0.1, 0.15) is 51.9 Å². The van der Waals surface area contributed by atoms with E-state index in [1.165, 1.54) is 7.11 Å². The Morgan fingerprint density at radius 3 is 2.59 bits per heavy atom. The Bertz CT molecular complexity index is 924. The summed E-state index contributed by atoms with van der Waals surface area (Å²) in [7, 11) is 1.39. The van der Waals surface area contributed by atoms with Gasteiger partial charge in [0.15, 0.2) is 5.78 Å². The van der Waals surface area contributed by atoms with Crippen LogP contribution in [0.5, 0.6) is 0 Å². The number of aliphatic hydroxyl groups is 2. The zero-order chi connectivity index (χ0) is 21.1. The Morgan fingerprint density at radius 1 is 1.24 bits per heavy atom. The molecule has 5 rings (SSSR count). The molecule has 7 heteroatoms. The fourth-order valence-electron chi connectivity index (χ4n) is 8.37. The highest BCUT2D eigenvalue weighted by molar-refractivity contribution is 6.04. The first-order valence-corrected chi connectivity index (χ1v) is 10.5. The summed E-state index contributed by atoms with van der Waals surface area (Å²) in [5.74, 6) is -3.06. The normalized spacial score (nSPS) is 50.1. The van der Waals surface area contributed by atoms with Gasteiger partial charge >= 0.3 is 0 Å². The molecule has 0 saturated heterocycles. The number of hydrogen-bond donors (Lipinski definition) is 2. The molecule has 1 spiro atoms. The van der Waals surface area contributed by atoms with Gasteiger partial charge in [-0.3, -0.25) is 4.79 Å². The highest BCUT2D eigenvalue weighted by atomic mass is 16.6. The van der Waals surface area contributed by atoms with Crippen LogP contribution in [0, 0.1) is 34.5 Å². The number of allylic oxidation sites excluding steroid dienone is 1. The van der Waals surface area contributed by atoms with Crippen molar-refractivity contribution in [2.45, 2.75) is 64.3 Å². The molecule has 2 N–H and O–H groups in total. The summed E-state index contributed by atoms with van der Waals surface area (Å²) in [5.41, 5.74) is -0.362. The van der Waals surface area contributed by atoms with Crippen LogP contribution in [0.15, 0.2) is 16.8 Å². The Morgan fingerprint density at radius 2 is 1.93 bits per heavy atom. The van der Waals surface area contributed by atoms with E-state index in [-0.39, 0.29) is 29.5 Å². The summed E-state index contributed by atoms with van der Waals surface area (Å²) in [5, 5.41) is 32.1. The number of carbonyl (C=O) groups excluding carboxylic acids is 1. The minimum atomic E-state index is -2.00. The Hall–Kier alpha value is -1.57. The van der Waals surface area contributed by atoms with Crippen molar-refractivity contribution >= 4 is 5.78 Å². The molecule has 0 radical (unpaired) electrons. The Kier molecular flexibility index (Phi) is 3.59. The second kappa shape index (κ2) is 5.37. The lowest BCUT2D eigenvalue weighted by atomic mass is 9.37. The summed E-state index contributed by atoms with van der Waals surface area (Å²) >= 11 is 0. The van der Waals surface area contributed by atoms with Gasteiger partial charge in [-0.15, -0.1) is 0 Å². The summed E-state index contributed by atoms with van der Waals surface area (Å²) in [6, 6.07) is 0. The third-order valence-electron chi connectivity index (χ3n) is 9.27. The van der Waals surface area contributed by atoms with E-state index in [2.05, 4.69) is 37.7 Å². The number of nitrogens with zero attached hydrogens (tertiary/aromatic N) is 2. The van der Waals surface area contributed by atoms with E-state index in [9.17, 15) is 15.0 Å². The molecule has 1 aromatic heterocycles. The molecule has 2 bridgehead atoms. The van der Waals surface area contributed by atoms with Gasteiger partial charge in [-0.05, 0) is 41.6 Å². The van der Waals surface area contributed by atoms with Crippen LogP contribution in [0.25, 0.3) is 0 Å². The fraction of sp³-hybridized carbons (Fsp3) is 0.773. The number of aromatic nitrogens is 2. The van der Waals surface area contributed by atoms with Crippen LogP contribution in [0.4, 0.5) is 0 Å². The topological polar surface area (TPSA) is 106 Å². The second-order valence-corrected chi connectivity index (χ2v) is 10.6. The number of methoxy groups -OCH3 is 1. The molecule has 3 saturated carbocycles. The maximum absolute atomic E-state index is 13.8. The Balaban J connectivity index is 1.87. The first-order chi connectivity index (χ1) is 13.5. The lowest BCUT2D eigenvalue weighted by molar-refractivity contribution is -0.370. The summed E-state index contributed by atoms with van der Waals surface area (Å²) < 4.78 is 10.9. The molecule has 3 fully saturated rings. The van der Waals surface area contributed by atoms with Crippen molar-refractivity contribution in [3.8, 4) is 0 Å². The van der Waals surface area contributed by atoms with Crippen molar-refractivity contribution < 1.29 is 24.4 Å². The molecule has 7 nitrogen and oxygen atoms in total. The van der Waals surface area contributed by atoms with E-state index in [0.717, 1.165) is 12.1 Å². The average Bonchev–Trinajstić information content (AvgIpc) is 3.15. The molecule has 1 heterocycles. The third-order valence-corrected chi connectivity index (χ3v) is 9.27. The molecule has 158 valence electrons. The lowest BCUT2D eigenvalue weighted by Gasteiger charge is -2.68. The van der Waals surface area contributed by atoms with E-state index in [4.69, 9.17) is 9.37 Å². The molecule has 8 atom stereocenters. The zero-order valence-corrected chi connectivity index (χ0v) is 17.7. The van der Waals surface area contributed by atoms with Gasteiger partial charge in [0.05, 0.1) is 5.41 Å². The molecule has 0 aromatic carbocycles. The summed E-state index contributed by atoms with van der Waals surface area (Å²) in [6.07, 6.45) is 0.830. The summed E-state index contributed by atoms with van der Waals surface area (Å²) in [4.78, 5) is 13.8. The fourth-order valence-corrected chi connectivity index (χ4v) is 8.37. The zero-order valence-electron chi connectivity index (χ0n) is 17.7. The standard InChI is InChI=1S/C22H30N2O5/c1-10-12-7-8-14-20(5)15(19(3,4)9-13-16(20)24-29-23-13)18(26)22(27,28-6)21(14,11(12)2)17(10)25/h11-12,14-15,18,26-27H,1,7-9H2,2-6H3/t11-,12+,14+,15-,18+,20+,21+,22-/m1/s1. The largest absolute Gasteiger partial charge is 0.387 e. The number of carbonyl (C=O) groups is 1. The molecule has 0 aliphatic heterocycles. The van der Waals surface area contributed by atoms with Gasteiger partial charge in [0.25, 0.3) is 0 Å². The Labute approximate surface area is 170 Å². The van der Waals surface area contributed by atoms with Crippen molar-refractivity contribution in [3.63, 3.8) is 0 Å². The van der Waals surface area contributed by atoms with Gasteiger partial charge < -0.3 is 14.9 Å². The lowest BCUT2D eigenvalue weighted by Crippen LogP contribution is -2.78. The van der Waals surface area contributed by atoms with Crippen molar-refractivity contribution in [2.24, 2.45) is 34.5 Å². The van der Waals surface area contributed by atoms with Crippen molar-refractivity contribution in [3.05, 3.63) is 23.5 Å². The minimum absolute atomic E-state index is 0.0146. The smallest absolute Gasteiger partial charge is 0.205 e. The summed E-state index contributed by atoms with van der Waals surface area (Å²) in [6.45, 7) is 12.3. The second-order valence-electron chi connectivity index (χ2n) is 10.6. The van der Waals surface area contributed by atoms with Gasteiger partial charge in [0, 0.05) is 24.9 Å². The number of aliphatic hydroxyl groups excluding tert-OH is 1. The van der Waals surface area contributed by atoms with E-state index in [0.29, 0.717) is 24.1 Å². The number of hydrogen-bond acceptors (Lipinski definition) is 7. The monoisotopic (exact) mass is 402 g/mol. The van der Waals surface area contributed by atoms with Crippen LogP contribution in [0.2, 0.25) is 0 Å². The molecular weight excluding hydrogens is 372 g/mol. The van der Waals surface area contributed by atoms with Gasteiger partial charge in [0.2, 0.25) is 5.79 Å². The average molecular weight is 402 g/mol. The van der Waals surface area contributed by atoms with E-state index in [1.54, 1.807) is 0 Å². The highest BCUT2D eigenvalue weighted by Crippen LogP contribution is 2.74.